The average Bonchev–Trinajstić information content (AvgIpc) is 2.55. The van der Waals surface area contributed by atoms with E-state index in [-0.39, 0.29) is 12.1 Å². The number of rotatable bonds is 4. The average molecular weight is 329 g/mol. The van der Waals surface area contributed by atoms with Gasteiger partial charge in [0, 0.05) is 23.5 Å². The lowest BCUT2D eigenvalue weighted by Gasteiger charge is -2.15. The SMILES string of the molecule is CSC(=N)c1cnc(NC(=O)NC(C)c2ccccc2)cc1N. The number of carbonyl (C=O) groups is 1. The summed E-state index contributed by atoms with van der Waals surface area (Å²) in [6.45, 7) is 1.90. The summed E-state index contributed by atoms with van der Waals surface area (Å²) < 4.78 is 0. The Morgan fingerprint density at radius 1 is 1.35 bits per heavy atom. The molecule has 1 unspecified atom stereocenters. The molecule has 0 aliphatic rings. The Morgan fingerprint density at radius 2 is 2.04 bits per heavy atom. The number of hydrogen-bond donors (Lipinski definition) is 4. The van der Waals surface area contributed by atoms with E-state index in [4.69, 9.17) is 11.1 Å². The van der Waals surface area contributed by atoms with Crippen LogP contribution in [0.15, 0.2) is 42.6 Å². The third-order valence-corrected chi connectivity index (χ3v) is 3.90. The number of nitrogens with zero attached hydrogens (tertiary/aromatic N) is 1. The smallest absolute Gasteiger partial charge is 0.320 e. The Morgan fingerprint density at radius 3 is 2.65 bits per heavy atom. The number of urea groups is 1. The predicted octanol–water partition coefficient (Wildman–Crippen LogP) is 3.23. The molecule has 0 aliphatic carbocycles. The quantitative estimate of drug-likeness (QED) is 0.510. The number of carbonyl (C=O) groups excluding carboxylic acids is 1. The fourth-order valence-corrected chi connectivity index (χ4v) is 2.40. The number of nitrogen functional groups attached to an aromatic ring is 1. The van der Waals surface area contributed by atoms with E-state index in [9.17, 15) is 4.79 Å². The first kappa shape index (κ1) is 16.8. The molecule has 0 saturated carbocycles. The molecule has 0 spiro atoms. The molecule has 0 radical (unpaired) electrons. The predicted molar refractivity (Wildman–Crippen MR) is 96.0 cm³/mol. The second-order valence-corrected chi connectivity index (χ2v) is 5.74. The monoisotopic (exact) mass is 329 g/mol. The summed E-state index contributed by atoms with van der Waals surface area (Å²) in [5, 5.41) is 13.6. The van der Waals surface area contributed by atoms with Crippen molar-refractivity contribution in [2.45, 2.75) is 13.0 Å². The maximum absolute atomic E-state index is 12.0. The minimum atomic E-state index is -0.360. The van der Waals surface area contributed by atoms with Gasteiger partial charge in [0.05, 0.1) is 11.1 Å². The van der Waals surface area contributed by atoms with Crippen LogP contribution in [0.4, 0.5) is 16.3 Å². The normalized spacial score (nSPS) is 11.6. The van der Waals surface area contributed by atoms with Crippen molar-refractivity contribution in [3.8, 4) is 0 Å². The summed E-state index contributed by atoms with van der Waals surface area (Å²) in [5.74, 6) is 0.345. The van der Waals surface area contributed by atoms with Gasteiger partial charge in [-0.3, -0.25) is 10.7 Å². The Kier molecular flexibility index (Phi) is 5.59. The van der Waals surface area contributed by atoms with Gasteiger partial charge in [0.15, 0.2) is 0 Å². The van der Waals surface area contributed by atoms with Crippen molar-refractivity contribution >= 4 is 34.3 Å². The van der Waals surface area contributed by atoms with Crippen LogP contribution in [0.3, 0.4) is 0 Å². The van der Waals surface area contributed by atoms with E-state index < -0.39 is 0 Å². The lowest BCUT2D eigenvalue weighted by atomic mass is 10.1. The molecule has 1 aromatic carbocycles. The van der Waals surface area contributed by atoms with E-state index >= 15 is 0 Å². The lowest BCUT2D eigenvalue weighted by Crippen LogP contribution is -2.31. The molecule has 1 atom stereocenters. The summed E-state index contributed by atoms with van der Waals surface area (Å²) in [7, 11) is 0. The summed E-state index contributed by atoms with van der Waals surface area (Å²) >= 11 is 1.28. The molecule has 0 bridgehead atoms. The molecule has 5 N–H and O–H groups in total. The summed E-state index contributed by atoms with van der Waals surface area (Å²) in [4.78, 5) is 16.2. The standard InChI is InChI=1S/C16H19N5OS/c1-10(11-6-4-3-5-7-11)20-16(22)21-14-8-13(17)12(9-19-14)15(18)23-2/h3-10,18H,1-2H3,(H4,17,19,20,21,22). The van der Waals surface area contributed by atoms with Gasteiger partial charge in [0.25, 0.3) is 0 Å². The van der Waals surface area contributed by atoms with Crippen LogP contribution in [0, 0.1) is 5.41 Å². The fourth-order valence-electron chi connectivity index (χ4n) is 2.01. The van der Waals surface area contributed by atoms with Gasteiger partial charge in [-0.2, -0.15) is 0 Å². The van der Waals surface area contributed by atoms with Crippen LogP contribution in [0.2, 0.25) is 0 Å². The van der Waals surface area contributed by atoms with E-state index in [2.05, 4.69) is 15.6 Å². The largest absolute Gasteiger partial charge is 0.398 e. The molecule has 2 rings (SSSR count). The summed E-state index contributed by atoms with van der Waals surface area (Å²) in [5.41, 5.74) is 7.88. The maximum atomic E-state index is 12.0. The van der Waals surface area contributed by atoms with E-state index in [1.54, 1.807) is 12.3 Å². The third-order valence-electron chi connectivity index (χ3n) is 3.27. The van der Waals surface area contributed by atoms with Crippen LogP contribution >= 0.6 is 11.8 Å². The van der Waals surface area contributed by atoms with Gasteiger partial charge in [-0.1, -0.05) is 30.3 Å². The first-order valence-electron chi connectivity index (χ1n) is 7.02. The highest BCUT2D eigenvalue weighted by Crippen LogP contribution is 2.19. The molecule has 0 fully saturated rings. The minimum absolute atomic E-state index is 0.127. The number of nitrogens with two attached hydrogens (primary N) is 1. The number of aromatic nitrogens is 1. The number of hydrogen-bond acceptors (Lipinski definition) is 5. The van der Waals surface area contributed by atoms with Crippen LogP contribution in [0.1, 0.15) is 24.1 Å². The molecular weight excluding hydrogens is 310 g/mol. The molecule has 0 saturated heterocycles. The van der Waals surface area contributed by atoms with E-state index in [1.165, 1.54) is 18.0 Å². The summed E-state index contributed by atoms with van der Waals surface area (Å²) in [6.07, 6.45) is 3.29. The minimum Gasteiger partial charge on any atom is -0.398 e. The molecule has 0 aliphatic heterocycles. The first-order valence-corrected chi connectivity index (χ1v) is 8.24. The van der Waals surface area contributed by atoms with Gasteiger partial charge in [-0.25, -0.2) is 9.78 Å². The van der Waals surface area contributed by atoms with Crippen molar-refractivity contribution in [2.24, 2.45) is 0 Å². The highest BCUT2D eigenvalue weighted by molar-refractivity contribution is 8.13. The van der Waals surface area contributed by atoms with Crippen molar-refractivity contribution in [1.29, 1.82) is 5.41 Å². The zero-order chi connectivity index (χ0) is 16.8. The third kappa shape index (κ3) is 4.46. The van der Waals surface area contributed by atoms with Crippen molar-refractivity contribution < 1.29 is 4.79 Å². The molecule has 2 aromatic rings. The van der Waals surface area contributed by atoms with Crippen molar-refractivity contribution in [2.75, 3.05) is 17.3 Å². The molecule has 23 heavy (non-hydrogen) atoms. The highest BCUT2D eigenvalue weighted by Gasteiger charge is 2.11. The zero-order valence-corrected chi connectivity index (χ0v) is 13.8. The molecule has 2 amide bonds. The Bertz CT molecular complexity index is 705. The van der Waals surface area contributed by atoms with Crippen molar-refractivity contribution in [1.82, 2.24) is 10.3 Å². The number of amides is 2. The number of anilines is 2. The van der Waals surface area contributed by atoms with Gasteiger partial charge < -0.3 is 11.1 Å². The van der Waals surface area contributed by atoms with E-state index in [0.29, 0.717) is 22.1 Å². The van der Waals surface area contributed by atoms with Crippen molar-refractivity contribution in [3.63, 3.8) is 0 Å². The maximum Gasteiger partial charge on any atom is 0.320 e. The van der Waals surface area contributed by atoms with E-state index in [1.807, 2.05) is 37.3 Å². The van der Waals surface area contributed by atoms with Crippen LogP contribution < -0.4 is 16.4 Å². The number of benzene rings is 1. The number of nitrogens with one attached hydrogen (secondary N) is 3. The Balaban J connectivity index is 2.00. The zero-order valence-electron chi connectivity index (χ0n) is 13.0. The Hall–Kier alpha value is -2.54. The molecule has 1 heterocycles. The molecule has 6 nitrogen and oxygen atoms in total. The number of pyridine rings is 1. The number of thioether (sulfide) groups is 1. The molecule has 120 valence electrons. The second kappa shape index (κ2) is 7.64. The Labute approximate surface area is 139 Å². The van der Waals surface area contributed by atoms with E-state index in [0.717, 1.165) is 5.56 Å². The molecular formula is C16H19N5OS. The summed E-state index contributed by atoms with van der Waals surface area (Å²) in [6, 6.07) is 10.7. The van der Waals surface area contributed by atoms with Crippen LogP contribution in [0.25, 0.3) is 0 Å². The first-order chi connectivity index (χ1) is 11.0. The lowest BCUT2D eigenvalue weighted by molar-refractivity contribution is 0.249. The van der Waals surface area contributed by atoms with Gasteiger partial charge in [-0.15, -0.1) is 11.8 Å². The molecule has 1 aromatic heterocycles. The fraction of sp³-hybridized carbons (Fsp3) is 0.188. The van der Waals surface area contributed by atoms with Gasteiger partial charge >= 0.3 is 6.03 Å². The second-order valence-electron chi connectivity index (χ2n) is 4.92. The van der Waals surface area contributed by atoms with Crippen molar-refractivity contribution in [3.05, 3.63) is 53.7 Å². The topological polar surface area (TPSA) is 104 Å². The van der Waals surface area contributed by atoms with Gasteiger partial charge in [-0.05, 0) is 18.7 Å². The highest BCUT2D eigenvalue weighted by atomic mass is 32.2. The van der Waals surface area contributed by atoms with Crippen LogP contribution in [0.5, 0.6) is 0 Å². The van der Waals surface area contributed by atoms with Crippen LogP contribution in [-0.2, 0) is 0 Å². The molecule has 7 heteroatoms. The van der Waals surface area contributed by atoms with Gasteiger partial charge in [0.1, 0.15) is 5.82 Å². The van der Waals surface area contributed by atoms with Crippen LogP contribution in [-0.4, -0.2) is 22.3 Å². The van der Waals surface area contributed by atoms with Gasteiger partial charge in [0.2, 0.25) is 0 Å².